The van der Waals surface area contributed by atoms with E-state index in [1.807, 2.05) is 0 Å². The Morgan fingerprint density at radius 3 is 2.84 bits per heavy atom. The van der Waals surface area contributed by atoms with E-state index in [2.05, 4.69) is 24.1 Å². The number of halogens is 1. The first kappa shape index (κ1) is 14.1. The molecule has 3 atom stereocenters. The third kappa shape index (κ3) is 3.18. The summed E-state index contributed by atoms with van der Waals surface area (Å²) in [5.74, 6) is 0.741. The number of carbonyl (C=O) groups is 1. The van der Waals surface area contributed by atoms with Crippen molar-refractivity contribution in [3.63, 3.8) is 0 Å². The van der Waals surface area contributed by atoms with Crippen molar-refractivity contribution >= 4 is 23.4 Å². The van der Waals surface area contributed by atoms with Crippen molar-refractivity contribution in [1.82, 2.24) is 4.98 Å². The first-order valence-electron chi connectivity index (χ1n) is 6.63. The van der Waals surface area contributed by atoms with Gasteiger partial charge in [-0.2, -0.15) is 0 Å². The monoisotopic (exact) mass is 282 g/mol. The molecule has 2 rings (SSSR count). The molecule has 1 aliphatic rings. The molecule has 0 amide bonds. The highest BCUT2D eigenvalue weighted by Gasteiger charge is 2.26. The van der Waals surface area contributed by atoms with E-state index >= 15 is 0 Å². The number of rotatable bonds is 3. The Bertz CT molecular complexity index is 479. The van der Waals surface area contributed by atoms with E-state index in [1.165, 1.54) is 25.1 Å². The number of hydrogen-bond acceptors (Lipinski definition) is 3. The minimum Gasteiger partial charge on any atom is -0.478 e. The zero-order valence-corrected chi connectivity index (χ0v) is 11.9. The molecule has 1 heterocycles. The standard InChI is InChI=1S/C14H19ClN2O2/c1-8-3-4-11(9(2)7-8)17-13-12(15)10(14(18)19)5-6-16-13/h5-6,8-9,11H,3-4,7H2,1-2H3,(H,16,17)(H,18,19). The van der Waals surface area contributed by atoms with Gasteiger partial charge in [0.25, 0.3) is 0 Å². The second-order valence-corrected chi connectivity index (χ2v) is 5.85. The lowest BCUT2D eigenvalue weighted by atomic mass is 9.80. The second kappa shape index (κ2) is 5.78. The Balaban J connectivity index is 2.15. The fourth-order valence-corrected chi connectivity index (χ4v) is 3.01. The van der Waals surface area contributed by atoms with Crippen LogP contribution < -0.4 is 5.32 Å². The highest BCUT2D eigenvalue weighted by atomic mass is 35.5. The summed E-state index contributed by atoms with van der Waals surface area (Å²) in [6.45, 7) is 4.48. The molecule has 0 aliphatic heterocycles. The molecule has 2 N–H and O–H groups in total. The average Bonchev–Trinajstić information content (AvgIpc) is 2.34. The van der Waals surface area contributed by atoms with Crippen LogP contribution in [0.25, 0.3) is 0 Å². The molecule has 3 unspecified atom stereocenters. The summed E-state index contributed by atoms with van der Waals surface area (Å²) >= 11 is 6.09. The van der Waals surface area contributed by atoms with Crippen LogP contribution in [0.3, 0.4) is 0 Å². The van der Waals surface area contributed by atoms with Gasteiger partial charge in [0, 0.05) is 12.2 Å². The zero-order valence-electron chi connectivity index (χ0n) is 11.2. The molecule has 0 radical (unpaired) electrons. The fraction of sp³-hybridized carbons (Fsp3) is 0.571. The summed E-state index contributed by atoms with van der Waals surface area (Å²) in [5, 5.41) is 12.5. The first-order chi connectivity index (χ1) is 8.99. The first-order valence-corrected chi connectivity index (χ1v) is 7.01. The summed E-state index contributed by atoms with van der Waals surface area (Å²) in [7, 11) is 0. The molecule has 104 valence electrons. The Hall–Kier alpha value is -1.29. The van der Waals surface area contributed by atoms with Crippen LogP contribution in [-0.4, -0.2) is 22.1 Å². The number of carboxylic acid groups (broad SMARTS) is 1. The molecule has 1 aromatic rings. The third-order valence-corrected chi connectivity index (χ3v) is 4.26. The molecule has 0 bridgehead atoms. The van der Waals surface area contributed by atoms with Gasteiger partial charge in [-0.05, 0) is 37.2 Å². The number of aromatic nitrogens is 1. The van der Waals surface area contributed by atoms with Crippen LogP contribution in [0.15, 0.2) is 12.3 Å². The summed E-state index contributed by atoms with van der Waals surface area (Å²) in [4.78, 5) is 15.2. The van der Waals surface area contributed by atoms with Crippen molar-refractivity contribution in [3.05, 3.63) is 22.8 Å². The largest absolute Gasteiger partial charge is 0.478 e. The van der Waals surface area contributed by atoms with Gasteiger partial charge >= 0.3 is 5.97 Å². The SMILES string of the molecule is CC1CCC(Nc2nccc(C(=O)O)c2Cl)C(C)C1. The lowest BCUT2D eigenvalue weighted by Gasteiger charge is -2.33. The molecule has 0 saturated heterocycles. The van der Waals surface area contributed by atoms with Gasteiger partial charge in [-0.1, -0.05) is 25.4 Å². The van der Waals surface area contributed by atoms with Gasteiger partial charge in [-0.3, -0.25) is 0 Å². The summed E-state index contributed by atoms with van der Waals surface area (Å²) in [5.41, 5.74) is 0.0935. The maximum Gasteiger partial charge on any atom is 0.337 e. The Labute approximate surface area is 118 Å². The predicted molar refractivity (Wildman–Crippen MR) is 75.8 cm³/mol. The van der Waals surface area contributed by atoms with Gasteiger partial charge in [-0.25, -0.2) is 9.78 Å². The van der Waals surface area contributed by atoms with Crippen LogP contribution in [0.1, 0.15) is 43.5 Å². The maximum atomic E-state index is 11.0. The number of nitrogens with zero attached hydrogens (tertiary/aromatic N) is 1. The van der Waals surface area contributed by atoms with Gasteiger partial charge in [0.2, 0.25) is 0 Å². The van der Waals surface area contributed by atoms with E-state index in [1.54, 1.807) is 0 Å². The van der Waals surface area contributed by atoms with Crippen LogP contribution in [0, 0.1) is 11.8 Å². The molecule has 19 heavy (non-hydrogen) atoms. The van der Waals surface area contributed by atoms with Gasteiger partial charge in [0.05, 0.1) is 10.6 Å². The number of aromatic carboxylic acids is 1. The van der Waals surface area contributed by atoms with E-state index in [9.17, 15) is 4.79 Å². The van der Waals surface area contributed by atoms with E-state index in [-0.39, 0.29) is 10.6 Å². The minimum atomic E-state index is -1.03. The predicted octanol–water partition coefficient (Wildman–Crippen LogP) is 3.67. The smallest absolute Gasteiger partial charge is 0.337 e. The Morgan fingerprint density at radius 2 is 2.21 bits per heavy atom. The van der Waals surface area contributed by atoms with Crippen LogP contribution >= 0.6 is 11.6 Å². The summed E-state index contributed by atoms with van der Waals surface area (Å²) in [6, 6.07) is 1.73. The molecule has 1 fully saturated rings. The highest BCUT2D eigenvalue weighted by molar-refractivity contribution is 6.35. The Kier molecular flexibility index (Phi) is 4.30. The van der Waals surface area contributed by atoms with Crippen molar-refractivity contribution in [1.29, 1.82) is 0 Å². The zero-order chi connectivity index (χ0) is 14.0. The number of pyridine rings is 1. The highest BCUT2D eigenvalue weighted by Crippen LogP contribution is 2.32. The van der Waals surface area contributed by atoms with Gasteiger partial charge in [0.1, 0.15) is 5.82 Å². The normalized spacial score (nSPS) is 27.0. The molecular weight excluding hydrogens is 264 g/mol. The fourth-order valence-electron chi connectivity index (χ4n) is 2.76. The van der Waals surface area contributed by atoms with E-state index < -0.39 is 5.97 Å². The molecule has 1 aromatic heterocycles. The topological polar surface area (TPSA) is 62.2 Å². The minimum absolute atomic E-state index is 0.0935. The van der Waals surface area contributed by atoms with Crippen LogP contribution in [0.4, 0.5) is 5.82 Å². The van der Waals surface area contributed by atoms with Crippen LogP contribution in [-0.2, 0) is 0 Å². The van der Waals surface area contributed by atoms with Gasteiger partial charge < -0.3 is 10.4 Å². The number of hydrogen-bond donors (Lipinski definition) is 2. The van der Waals surface area contributed by atoms with Crippen molar-refractivity contribution in [3.8, 4) is 0 Å². The number of nitrogens with one attached hydrogen (secondary N) is 1. The van der Waals surface area contributed by atoms with E-state index in [0.29, 0.717) is 17.8 Å². The molecule has 4 nitrogen and oxygen atoms in total. The van der Waals surface area contributed by atoms with Crippen LogP contribution in [0.2, 0.25) is 5.02 Å². The molecule has 0 spiro atoms. The van der Waals surface area contributed by atoms with Gasteiger partial charge in [-0.15, -0.1) is 0 Å². The van der Waals surface area contributed by atoms with Crippen molar-refractivity contribution in [2.24, 2.45) is 11.8 Å². The Morgan fingerprint density at radius 1 is 1.47 bits per heavy atom. The quantitative estimate of drug-likeness (QED) is 0.888. The maximum absolute atomic E-state index is 11.0. The van der Waals surface area contributed by atoms with Crippen molar-refractivity contribution < 1.29 is 9.90 Å². The number of carboxylic acids is 1. The van der Waals surface area contributed by atoms with E-state index in [0.717, 1.165) is 12.3 Å². The van der Waals surface area contributed by atoms with Crippen molar-refractivity contribution in [2.45, 2.75) is 39.2 Å². The molecule has 1 aliphatic carbocycles. The van der Waals surface area contributed by atoms with Crippen molar-refractivity contribution in [2.75, 3.05) is 5.32 Å². The molecule has 0 aromatic carbocycles. The number of anilines is 1. The summed E-state index contributed by atoms with van der Waals surface area (Å²) in [6.07, 6.45) is 4.90. The second-order valence-electron chi connectivity index (χ2n) is 5.47. The van der Waals surface area contributed by atoms with Crippen LogP contribution in [0.5, 0.6) is 0 Å². The summed E-state index contributed by atoms with van der Waals surface area (Å²) < 4.78 is 0. The van der Waals surface area contributed by atoms with E-state index in [4.69, 9.17) is 16.7 Å². The molecular formula is C14H19ClN2O2. The molecule has 5 heteroatoms. The lowest BCUT2D eigenvalue weighted by Crippen LogP contribution is -2.33. The molecule has 1 saturated carbocycles. The lowest BCUT2D eigenvalue weighted by molar-refractivity contribution is 0.0697. The average molecular weight is 283 g/mol. The third-order valence-electron chi connectivity index (χ3n) is 3.87. The van der Waals surface area contributed by atoms with Gasteiger partial charge in [0.15, 0.2) is 0 Å².